The molecule has 1 aliphatic heterocycles. The van der Waals surface area contributed by atoms with Crippen molar-refractivity contribution in [2.24, 2.45) is 0 Å². The van der Waals surface area contributed by atoms with Gasteiger partial charge in [0.15, 0.2) is 11.5 Å². The molecule has 1 aromatic heterocycles. The third kappa shape index (κ3) is 3.25. The zero-order valence-electron chi connectivity index (χ0n) is 13.3. The van der Waals surface area contributed by atoms with Crippen molar-refractivity contribution in [1.82, 2.24) is 10.5 Å². The van der Waals surface area contributed by atoms with E-state index in [-0.39, 0.29) is 5.41 Å². The Kier molecular flexibility index (Phi) is 4.07. The molecule has 2 heterocycles. The SMILES string of the molecule is CC(C)(C)c1nocc1CNCCc1ccc2c(c1)OCO2. The highest BCUT2D eigenvalue weighted by molar-refractivity contribution is 5.44. The molecule has 2 aromatic rings. The number of nitrogens with one attached hydrogen (secondary N) is 1. The van der Waals surface area contributed by atoms with E-state index in [0.29, 0.717) is 6.79 Å². The van der Waals surface area contributed by atoms with E-state index in [0.717, 1.165) is 42.3 Å². The second kappa shape index (κ2) is 6.01. The molecule has 0 saturated heterocycles. The molecule has 0 saturated carbocycles. The first-order valence-corrected chi connectivity index (χ1v) is 7.57. The molecule has 0 radical (unpaired) electrons. The summed E-state index contributed by atoms with van der Waals surface area (Å²) in [6.45, 7) is 8.39. The van der Waals surface area contributed by atoms with E-state index in [4.69, 9.17) is 14.0 Å². The summed E-state index contributed by atoms with van der Waals surface area (Å²) in [6.07, 6.45) is 2.67. The molecule has 5 nitrogen and oxygen atoms in total. The highest BCUT2D eigenvalue weighted by atomic mass is 16.7. The minimum atomic E-state index is 0.00133. The minimum Gasteiger partial charge on any atom is -0.454 e. The summed E-state index contributed by atoms with van der Waals surface area (Å²) in [4.78, 5) is 0. The Bertz CT molecular complexity index is 644. The van der Waals surface area contributed by atoms with E-state index in [1.54, 1.807) is 6.26 Å². The molecule has 0 spiro atoms. The molecule has 0 bridgehead atoms. The lowest BCUT2D eigenvalue weighted by molar-refractivity contribution is 0.174. The predicted molar refractivity (Wildman–Crippen MR) is 83.2 cm³/mol. The van der Waals surface area contributed by atoms with Gasteiger partial charge in [-0.2, -0.15) is 0 Å². The van der Waals surface area contributed by atoms with Crippen molar-refractivity contribution < 1.29 is 14.0 Å². The van der Waals surface area contributed by atoms with Gasteiger partial charge in [-0.15, -0.1) is 0 Å². The molecule has 0 aliphatic carbocycles. The van der Waals surface area contributed by atoms with Gasteiger partial charge in [0.25, 0.3) is 0 Å². The maximum Gasteiger partial charge on any atom is 0.231 e. The van der Waals surface area contributed by atoms with Gasteiger partial charge in [-0.25, -0.2) is 0 Å². The van der Waals surface area contributed by atoms with Gasteiger partial charge < -0.3 is 19.3 Å². The van der Waals surface area contributed by atoms with Gasteiger partial charge in [0.1, 0.15) is 6.26 Å². The first kappa shape index (κ1) is 14.9. The predicted octanol–water partition coefficient (Wildman–Crippen LogP) is 3.03. The van der Waals surface area contributed by atoms with Crippen molar-refractivity contribution in [3.05, 3.63) is 41.3 Å². The summed E-state index contributed by atoms with van der Waals surface area (Å²) in [5.74, 6) is 1.67. The second-order valence-electron chi connectivity index (χ2n) is 6.55. The van der Waals surface area contributed by atoms with Crippen molar-refractivity contribution in [3.8, 4) is 11.5 Å². The second-order valence-corrected chi connectivity index (χ2v) is 6.55. The third-order valence-electron chi connectivity index (χ3n) is 3.70. The standard InChI is InChI=1S/C17H22N2O3/c1-17(2,3)16-13(10-22-19-16)9-18-7-6-12-4-5-14-15(8-12)21-11-20-14/h4-5,8,10,18H,6-7,9,11H2,1-3H3. The quantitative estimate of drug-likeness (QED) is 0.860. The number of rotatable bonds is 5. The number of fused-ring (bicyclic) bond motifs is 1. The molecule has 1 aromatic carbocycles. The van der Waals surface area contributed by atoms with Crippen LogP contribution in [0, 0.1) is 0 Å². The zero-order chi connectivity index (χ0) is 15.6. The van der Waals surface area contributed by atoms with E-state index in [1.165, 1.54) is 5.56 Å². The molecule has 0 atom stereocenters. The molecular formula is C17H22N2O3. The normalized spacial score (nSPS) is 13.6. The van der Waals surface area contributed by atoms with Crippen molar-refractivity contribution in [1.29, 1.82) is 0 Å². The Hall–Kier alpha value is -2.01. The molecule has 118 valence electrons. The minimum absolute atomic E-state index is 0.00133. The Morgan fingerprint density at radius 3 is 2.82 bits per heavy atom. The fraction of sp³-hybridized carbons (Fsp3) is 0.471. The van der Waals surface area contributed by atoms with Crippen LogP contribution in [0.25, 0.3) is 0 Å². The largest absolute Gasteiger partial charge is 0.454 e. The van der Waals surface area contributed by atoms with Gasteiger partial charge in [0.05, 0.1) is 5.69 Å². The summed E-state index contributed by atoms with van der Waals surface area (Å²) >= 11 is 0. The number of hydrogen-bond donors (Lipinski definition) is 1. The maximum atomic E-state index is 5.39. The summed E-state index contributed by atoms with van der Waals surface area (Å²) in [5.41, 5.74) is 3.38. The zero-order valence-corrected chi connectivity index (χ0v) is 13.3. The van der Waals surface area contributed by atoms with E-state index in [2.05, 4.69) is 37.3 Å². The lowest BCUT2D eigenvalue weighted by Crippen LogP contribution is -2.20. The monoisotopic (exact) mass is 302 g/mol. The highest BCUT2D eigenvalue weighted by Gasteiger charge is 2.21. The van der Waals surface area contributed by atoms with Crippen LogP contribution in [0.15, 0.2) is 29.0 Å². The van der Waals surface area contributed by atoms with Crippen LogP contribution in [0.1, 0.15) is 37.6 Å². The van der Waals surface area contributed by atoms with Crippen LogP contribution in [0.3, 0.4) is 0 Å². The van der Waals surface area contributed by atoms with Gasteiger partial charge in [-0.3, -0.25) is 0 Å². The first-order valence-electron chi connectivity index (χ1n) is 7.57. The van der Waals surface area contributed by atoms with E-state index in [1.807, 2.05) is 12.1 Å². The van der Waals surface area contributed by atoms with Crippen LogP contribution in [0.5, 0.6) is 11.5 Å². The molecule has 1 aliphatic rings. The smallest absolute Gasteiger partial charge is 0.231 e. The molecular weight excluding hydrogens is 280 g/mol. The van der Waals surface area contributed by atoms with E-state index >= 15 is 0 Å². The van der Waals surface area contributed by atoms with Crippen molar-refractivity contribution >= 4 is 0 Å². The van der Waals surface area contributed by atoms with Gasteiger partial charge in [-0.1, -0.05) is 32.0 Å². The van der Waals surface area contributed by atoms with Crippen LogP contribution >= 0.6 is 0 Å². The van der Waals surface area contributed by atoms with Gasteiger partial charge in [-0.05, 0) is 30.7 Å². The van der Waals surface area contributed by atoms with Crippen molar-refractivity contribution in [2.75, 3.05) is 13.3 Å². The summed E-state index contributed by atoms with van der Waals surface area (Å²) in [5, 5.41) is 7.56. The topological polar surface area (TPSA) is 56.5 Å². The van der Waals surface area contributed by atoms with Crippen LogP contribution < -0.4 is 14.8 Å². The summed E-state index contributed by atoms with van der Waals surface area (Å²) < 4.78 is 15.8. The Morgan fingerprint density at radius 2 is 2.00 bits per heavy atom. The van der Waals surface area contributed by atoms with Crippen molar-refractivity contribution in [2.45, 2.75) is 39.2 Å². The van der Waals surface area contributed by atoms with Crippen LogP contribution in [-0.2, 0) is 18.4 Å². The molecule has 22 heavy (non-hydrogen) atoms. The number of hydrogen-bond acceptors (Lipinski definition) is 5. The Labute approximate surface area is 130 Å². The number of aromatic nitrogens is 1. The van der Waals surface area contributed by atoms with Gasteiger partial charge in [0.2, 0.25) is 6.79 Å². The lowest BCUT2D eigenvalue weighted by Gasteiger charge is -2.16. The van der Waals surface area contributed by atoms with Crippen molar-refractivity contribution in [3.63, 3.8) is 0 Å². The fourth-order valence-corrected chi connectivity index (χ4v) is 2.55. The molecule has 0 fully saturated rings. The van der Waals surface area contributed by atoms with Crippen LogP contribution in [0.2, 0.25) is 0 Å². The van der Waals surface area contributed by atoms with Gasteiger partial charge in [0, 0.05) is 17.5 Å². The molecule has 0 unspecified atom stereocenters. The number of nitrogens with zero attached hydrogens (tertiary/aromatic N) is 1. The molecule has 1 N–H and O–H groups in total. The van der Waals surface area contributed by atoms with Crippen LogP contribution in [0.4, 0.5) is 0 Å². The lowest BCUT2D eigenvalue weighted by atomic mass is 9.89. The number of benzene rings is 1. The highest BCUT2D eigenvalue weighted by Crippen LogP contribution is 2.32. The van der Waals surface area contributed by atoms with Crippen LogP contribution in [-0.4, -0.2) is 18.5 Å². The molecule has 3 rings (SSSR count). The summed E-state index contributed by atoms with van der Waals surface area (Å²) in [6, 6.07) is 6.09. The first-order chi connectivity index (χ1) is 10.5. The Balaban J connectivity index is 1.51. The molecule has 5 heteroatoms. The van der Waals surface area contributed by atoms with Gasteiger partial charge >= 0.3 is 0 Å². The fourth-order valence-electron chi connectivity index (χ4n) is 2.55. The average molecular weight is 302 g/mol. The maximum absolute atomic E-state index is 5.39. The number of ether oxygens (including phenoxy) is 2. The molecule has 0 amide bonds. The Morgan fingerprint density at radius 1 is 1.18 bits per heavy atom. The van der Waals surface area contributed by atoms with E-state index in [9.17, 15) is 0 Å². The summed E-state index contributed by atoms with van der Waals surface area (Å²) in [7, 11) is 0. The average Bonchev–Trinajstić information content (AvgIpc) is 3.11. The van der Waals surface area contributed by atoms with E-state index < -0.39 is 0 Å². The third-order valence-corrected chi connectivity index (χ3v) is 3.70.